The van der Waals surface area contributed by atoms with E-state index in [4.69, 9.17) is 9.97 Å². The second-order valence-electron chi connectivity index (χ2n) is 16.2. The zero-order valence-electron chi connectivity index (χ0n) is 34.1. The van der Waals surface area contributed by atoms with Crippen molar-refractivity contribution >= 4 is 65.5 Å². The smallest absolute Gasteiger partial charge is 0.162 e. The molecule has 0 unspecified atom stereocenters. The Labute approximate surface area is 363 Å². The number of benzene rings is 9. The molecule has 9 aromatic carbocycles. The fraction of sp³-hybridized carbons (Fsp3) is 0. The summed E-state index contributed by atoms with van der Waals surface area (Å²) in [5, 5.41) is 7.00. The second-order valence-corrected chi connectivity index (χ2v) is 16.2. The van der Waals surface area contributed by atoms with Crippen LogP contribution in [0, 0.1) is 0 Å². The van der Waals surface area contributed by atoms with Crippen molar-refractivity contribution in [1.29, 1.82) is 0 Å². The molecule has 0 fully saturated rings. The molecule has 0 aliphatic carbocycles. The largest absolute Gasteiger partial charge is 0.307 e. The molecule has 63 heavy (non-hydrogen) atoms. The van der Waals surface area contributed by atoms with Crippen molar-refractivity contribution in [3.63, 3.8) is 0 Å². The molecule has 0 spiro atoms. The highest BCUT2D eigenvalue weighted by atomic mass is 15.1. The monoisotopic (exact) mass is 803 g/mol. The van der Waals surface area contributed by atoms with Gasteiger partial charge in [0.15, 0.2) is 5.82 Å². The normalized spacial score (nSPS) is 11.8. The summed E-state index contributed by atoms with van der Waals surface area (Å²) in [4.78, 5) is 10.7. The molecule has 13 aromatic rings. The van der Waals surface area contributed by atoms with Gasteiger partial charge in [0.05, 0.1) is 38.7 Å². The summed E-state index contributed by atoms with van der Waals surface area (Å²) in [5.41, 5.74) is 15.2. The summed E-state index contributed by atoms with van der Waals surface area (Å²) in [5.74, 6) is 0.697. The third-order valence-electron chi connectivity index (χ3n) is 12.6. The van der Waals surface area contributed by atoms with Crippen LogP contribution in [-0.2, 0) is 0 Å². The first-order chi connectivity index (χ1) is 31.3. The summed E-state index contributed by atoms with van der Waals surface area (Å²) in [6.45, 7) is 0. The van der Waals surface area contributed by atoms with E-state index in [0.29, 0.717) is 5.82 Å². The van der Waals surface area contributed by atoms with E-state index in [1.165, 1.54) is 38.1 Å². The van der Waals surface area contributed by atoms with Crippen LogP contribution in [0.2, 0.25) is 0 Å². The summed E-state index contributed by atoms with van der Waals surface area (Å²) in [6, 6.07) is 80.2. The first-order valence-corrected chi connectivity index (χ1v) is 21.4. The van der Waals surface area contributed by atoms with Crippen molar-refractivity contribution in [1.82, 2.24) is 23.7 Å². The Bertz CT molecular complexity index is 3870. The van der Waals surface area contributed by atoms with E-state index in [1.807, 2.05) is 18.2 Å². The van der Waals surface area contributed by atoms with Crippen molar-refractivity contribution in [2.45, 2.75) is 0 Å². The van der Waals surface area contributed by atoms with E-state index in [9.17, 15) is 0 Å². The molecule has 0 saturated heterocycles. The van der Waals surface area contributed by atoms with Gasteiger partial charge in [-0.2, -0.15) is 0 Å². The average Bonchev–Trinajstić information content (AvgIpc) is 4.00. The minimum atomic E-state index is 0.697. The van der Waals surface area contributed by atoms with Gasteiger partial charge in [0.25, 0.3) is 0 Å². The van der Waals surface area contributed by atoms with Gasteiger partial charge in [-0.15, -0.1) is 0 Å². The van der Waals surface area contributed by atoms with Gasteiger partial charge in [-0.1, -0.05) is 158 Å². The molecule has 5 nitrogen and oxygen atoms in total. The maximum Gasteiger partial charge on any atom is 0.162 e. The van der Waals surface area contributed by atoms with Gasteiger partial charge in [0.1, 0.15) is 5.65 Å². The van der Waals surface area contributed by atoms with Crippen LogP contribution in [0.15, 0.2) is 224 Å². The molecule has 4 heterocycles. The summed E-state index contributed by atoms with van der Waals surface area (Å²) in [6.07, 6.45) is 0. The van der Waals surface area contributed by atoms with E-state index >= 15 is 0 Å². The van der Waals surface area contributed by atoms with Crippen molar-refractivity contribution in [3.8, 4) is 50.8 Å². The lowest BCUT2D eigenvalue weighted by Gasteiger charge is -2.12. The Morgan fingerprint density at radius 3 is 1.32 bits per heavy atom. The standard InChI is InChI=1S/C58H37N5/c1-6-18-38(19-7-1)54-53-49-37-41(31-35-52(49)63(44-26-14-5-15-27-44)58(53)60-57(59-54)39-20-8-2-9-21-39)40-30-34-51-48(36-40)47-33-32-46-45-28-16-17-29-50(45)61(42-22-10-3-11-23-42)55(46)56(47)62(51)43-24-12-4-13-25-43/h1-37H. The van der Waals surface area contributed by atoms with Crippen LogP contribution in [0.3, 0.4) is 0 Å². The number of hydrogen-bond donors (Lipinski definition) is 0. The molecule has 5 heteroatoms. The van der Waals surface area contributed by atoms with Gasteiger partial charge < -0.3 is 9.13 Å². The lowest BCUT2D eigenvalue weighted by molar-refractivity contribution is 1.11. The molecular formula is C58H37N5. The molecule has 0 bridgehead atoms. The van der Waals surface area contributed by atoms with Crippen LogP contribution >= 0.6 is 0 Å². The highest BCUT2D eigenvalue weighted by Crippen LogP contribution is 2.44. The molecular weight excluding hydrogens is 767 g/mol. The Hall–Kier alpha value is -8.54. The van der Waals surface area contributed by atoms with Gasteiger partial charge in [-0.3, -0.25) is 4.57 Å². The van der Waals surface area contributed by atoms with Gasteiger partial charge in [0, 0.05) is 55.1 Å². The minimum absolute atomic E-state index is 0.697. The van der Waals surface area contributed by atoms with Crippen molar-refractivity contribution in [2.75, 3.05) is 0 Å². The topological polar surface area (TPSA) is 40.6 Å². The van der Waals surface area contributed by atoms with E-state index < -0.39 is 0 Å². The first kappa shape index (κ1) is 35.2. The number of aromatic nitrogens is 5. The van der Waals surface area contributed by atoms with Gasteiger partial charge in [-0.25, -0.2) is 9.97 Å². The maximum atomic E-state index is 5.37. The van der Waals surface area contributed by atoms with Crippen LogP contribution in [0.1, 0.15) is 0 Å². The average molecular weight is 804 g/mol. The van der Waals surface area contributed by atoms with Gasteiger partial charge >= 0.3 is 0 Å². The predicted molar refractivity (Wildman–Crippen MR) is 261 cm³/mol. The molecule has 0 aliphatic heterocycles. The van der Waals surface area contributed by atoms with Crippen LogP contribution in [0.4, 0.5) is 0 Å². The fourth-order valence-corrected chi connectivity index (χ4v) is 9.86. The fourth-order valence-electron chi connectivity index (χ4n) is 9.86. The van der Waals surface area contributed by atoms with Crippen molar-refractivity contribution < 1.29 is 0 Å². The van der Waals surface area contributed by atoms with E-state index in [-0.39, 0.29) is 0 Å². The van der Waals surface area contributed by atoms with Crippen LogP contribution < -0.4 is 0 Å². The molecule has 294 valence electrons. The molecule has 0 saturated carbocycles. The number of hydrogen-bond acceptors (Lipinski definition) is 2. The summed E-state index contributed by atoms with van der Waals surface area (Å²) in [7, 11) is 0. The zero-order chi connectivity index (χ0) is 41.4. The van der Waals surface area contributed by atoms with Crippen molar-refractivity contribution in [3.05, 3.63) is 224 Å². The number of rotatable bonds is 6. The van der Waals surface area contributed by atoms with E-state index in [1.54, 1.807) is 0 Å². The number of para-hydroxylation sites is 4. The maximum absolute atomic E-state index is 5.37. The van der Waals surface area contributed by atoms with Gasteiger partial charge in [-0.05, 0) is 77.9 Å². The lowest BCUT2D eigenvalue weighted by atomic mass is 9.99. The first-order valence-electron chi connectivity index (χ1n) is 21.4. The van der Waals surface area contributed by atoms with E-state index in [2.05, 4.69) is 220 Å². The molecule has 0 N–H and O–H groups in total. The molecule has 0 atom stereocenters. The Morgan fingerprint density at radius 1 is 0.286 bits per heavy atom. The van der Waals surface area contributed by atoms with Crippen LogP contribution in [0.25, 0.3) is 116 Å². The molecule has 0 amide bonds. The zero-order valence-corrected chi connectivity index (χ0v) is 34.1. The Balaban J connectivity index is 1.10. The van der Waals surface area contributed by atoms with Crippen LogP contribution in [0.5, 0.6) is 0 Å². The minimum Gasteiger partial charge on any atom is -0.307 e. The quantitative estimate of drug-likeness (QED) is 0.168. The molecule has 0 aliphatic rings. The summed E-state index contributed by atoms with van der Waals surface area (Å²) < 4.78 is 7.20. The number of fused-ring (bicyclic) bond motifs is 10. The van der Waals surface area contributed by atoms with Gasteiger partial charge in [0.2, 0.25) is 0 Å². The molecule has 13 rings (SSSR count). The molecule has 0 radical (unpaired) electrons. The van der Waals surface area contributed by atoms with Crippen LogP contribution in [-0.4, -0.2) is 23.7 Å². The Kier molecular flexibility index (Phi) is 7.84. The predicted octanol–water partition coefficient (Wildman–Crippen LogP) is 14.8. The highest BCUT2D eigenvalue weighted by molar-refractivity contribution is 6.24. The third kappa shape index (κ3) is 5.43. The number of nitrogens with zero attached hydrogens (tertiary/aromatic N) is 5. The SMILES string of the molecule is c1ccc(-c2nc(-c3ccccc3)c3c4cc(-c5ccc6c(c5)c5ccc7c8ccccc8n(-c8ccccc8)c7c5n6-c5ccccc5)ccc4n(-c4ccccc4)c3n2)cc1. The third-order valence-corrected chi connectivity index (χ3v) is 12.6. The molecule has 4 aromatic heterocycles. The lowest BCUT2D eigenvalue weighted by Crippen LogP contribution is -1.99. The van der Waals surface area contributed by atoms with E-state index in [0.717, 1.165) is 72.5 Å². The highest BCUT2D eigenvalue weighted by Gasteiger charge is 2.24. The Morgan fingerprint density at radius 2 is 0.730 bits per heavy atom. The van der Waals surface area contributed by atoms with Crippen molar-refractivity contribution in [2.24, 2.45) is 0 Å². The summed E-state index contributed by atoms with van der Waals surface area (Å²) >= 11 is 0. The second kappa shape index (κ2) is 14.0.